The normalized spacial score (nSPS) is 20.0. The van der Waals surface area contributed by atoms with Crippen molar-refractivity contribution in [3.8, 4) is 6.07 Å². The van der Waals surface area contributed by atoms with Crippen molar-refractivity contribution in [1.82, 2.24) is 9.55 Å². The van der Waals surface area contributed by atoms with Gasteiger partial charge in [0.1, 0.15) is 0 Å². The maximum Gasteiger partial charge on any atom is 0.204 e. The highest BCUT2D eigenvalue weighted by molar-refractivity contribution is 5.78. The van der Waals surface area contributed by atoms with Gasteiger partial charge in [-0.05, 0) is 42.7 Å². The number of hydrogen-bond acceptors (Lipinski definition) is 4. The van der Waals surface area contributed by atoms with Crippen molar-refractivity contribution in [2.24, 2.45) is 5.73 Å². The van der Waals surface area contributed by atoms with Gasteiger partial charge in [-0.25, -0.2) is 4.98 Å². The van der Waals surface area contributed by atoms with Crippen molar-refractivity contribution in [3.05, 3.63) is 59.7 Å². The first kappa shape index (κ1) is 16.6. The summed E-state index contributed by atoms with van der Waals surface area (Å²) in [6.45, 7) is 0.705. The van der Waals surface area contributed by atoms with E-state index in [2.05, 4.69) is 22.0 Å². The predicted molar refractivity (Wildman–Crippen MR) is 104 cm³/mol. The van der Waals surface area contributed by atoms with Gasteiger partial charge in [0.2, 0.25) is 5.95 Å². The van der Waals surface area contributed by atoms with Crippen LogP contribution in [-0.2, 0) is 6.54 Å². The fourth-order valence-corrected chi connectivity index (χ4v) is 3.72. The molecule has 1 heterocycles. The van der Waals surface area contributed by atoms with Gasteiger partial charge in [0.15, 0.2) is 0 Å². The van der Waals surface area contributed by atoms with Crippen molar-refractivity contribution in [1.29, 1.82) is 5.26 Å². The Morgan fingerprint density at radius 1 is 1.12 bits per heavy atom. The second-order valence-corrected chi connectivity index (χ2v) is 7.02. The Bertz CT molecular complexity index is 935. The highest BCUT2D eigenvalue weighted by Gasteiger charge is 2.23. The summed E-state index contributed by atoms with van der Waals surface area (Å²) in [5, 5.41) is 12.6. The predicted octanol–water partition coefficient (Wildman–Crippen LogP) is 3.64. The summed E-state index contributed by atoms with van der Waals surface area (Å²) < 4.78 is 2.21. The molecule has 1 aromatic heterocycles. The van der Waals surface area contributed by atoms with Crippen LogP contribution in [0.15, 0.2) is 48.5 Å². The number of imidazole rings is 1. The standard InChI is InChI=1S/C21H23N5/c22-13-15-9-11-16(12-10-15)14-26-20-8-4-3-7-19(20)25-21(26)24-18-6-2-1-5-17(18)23/h3-4,7-12,17-18H,1-2,5-6,14,23H2,(H,24,25)/t17-,18+/m1/s1. The molecular formula is C21H23N5. The molecule has 3 N–H and O–H groups in total. The van der Waals surface area contributed by atoms with Crippen LogP contribution in [0.1, 0.15) is 36.8 Å². The minimum absolute atomic E-state index is 0.173. The van der Waals surface area contributed by atoms with Gasteiger partial charge in [0.25, 0.3) is 0 Å². The van der Waals surface area contributed by atoms with E-state index in [1.165, 1.54) is 12.8 Å². The van der Waals surface area contributed by atoms with Crippen LogP contribution in [0, 0.1) is 11.3 Å². The van der Waals surface area contributed by atoms with Crippen molar-refractivity contribution < 1.29 is 0 Å². The molecule has 132 valence electrons. The molecule has 0 saturated heterocycles. The van der Waals surface area contributed by atoms with Crippen LogP contribution in [0.4, 0.5) is 5.95 Å². The minimum Gasteiger partial charge on any atom is -0.351 e. The number of nitriles is 1. The van der Waals surface area contributed by atoms with E-state index in [0.717, 1.165) is 35.4 Å². The molecule has 5 heteroatoms. The smallest absolute Gasteiger partial charge is 0.204 e. The zero-order valence-corrected chi connectivity index (χ0v) is 14.7. The van der Waals surface area contributed by atoms with E-state index in [0.29, 0.717) is 12.1 Å². The van der Waals surface area contributed by atoms with E-state index in [9.17, 15) is 0 Å². The molecule has 0 bridgehead atoms. The molecule has 0 radical (unpaired) electrons. The van der Waals surface area contributed by atoms with Crippen LogP contribution >= 0.6 is 0 Å². The third-order valence-electron chi connectivity index (χ3n) is 5.21. The maximum absolute atomic E-state index is 8.99. The number of nitrogens with zero attached hydrogens (tertiary/aromatic N) is 3. The number of anilines is 1. The van der Waals surface area contributed by atoms with Crippen LogP contribution in [-0.4, -0.2) is 21.6 Å². The molecule has 0 amide bonds. The molecule has 26 heavy (non-hydrogen) atoms. The molecule has 0 aliphatic heterocycles. The molecule has 1 fully saturated rings. The quantitative estimate of drug-likeness (QED) is 0.756. The molecule has 2 atom stereocenters. The first-order chi connectivity index (χ1) is 12.7. The highest BCUT2D eigenvalue weighted by atomic mass is 15.2. The summed E-state index contributed by atoms with van der Waals surface area (Å²) in [7, 11) is 0. The molecule has 3 aromatic rings. The van der Waals surface area contributed by atoms with Crippen LogP contribution < -0.4 is 11.1 Å². The first-order valence-corrected chi connectivity index (χ1v) is 9.21. The largest absolute Gasteiger partial charge is 0.351 e. The van der Waals surface area contributed by atoms with Gasteiger partial charge in [0, 0.05) is 12.1 Å². The summed E-state index contributed by atoms with van der Waals surface area (Å²) in [5.74, 6) is 0.873. The van der Waals surface area contributed by atoms with E-state index in [4.69, 9.17) is 16.0 Å². The van der Waals surface area contributed by atoms with Crippen molar-refractivity contribution in [2.75, 3.05) is 5.32 Å². The molecule has 0 spiro atoms. The van der Waals surface area contributed by atoms with Gasteiger partial charge in [-0.15, -0.1) is 0 Å². The molecule has 1 aliphatic carbocycles. The van der Waals surface area contributed by atoms with E-state index in [1.54, 1.807) is 0 Å². The van der Waals surface area contributed by atoms with Crippen LogP contribution in [0.3, 0.4) is 0 Å². The van der Waals surface area contributed by atoms with E-state index >= 15 is 0 Å². The fourth-order valence-electron chi connectivity index (χ4n) is 3.72. The van der Waals surface area contributed by atoms with Crippen LogP contribution in [0.25, 0.3) is 11.0 Å². The van der Waals surface area contributed by atoms with Gasteiger partial charge in [-0.2, -0.15) is 5.26 Å². The van der Waals surface area contributed by atoms with Gasteiger partial charge >= 0.3 is 0 Å². The minimum atomic E-state index is 0.173. The number of nitrogens with two attached hydrogens (primary N) is 1. The summed E-state index contributed by atoms with van der Waals surface area (Å²) in [6, 6.07) is 18.5. The lowest BCUT2D eigenvalue weighted by molar-refractivity contribution is 0.401. The monoisotopic (exact) mass is 345 g/mol. The topological polar surface area (TPSA) is 79.7 Å². The third kappa shape index (κ3) is 3.29. The molecule has 1 saturated carbocycles. The van der Waals surface area contributed by atoms with Gasteiger partial charge in [-0.3, -0.25) is 0 Å². The summed E-state index contributed by atoms with van der Waals surface area (Å²) in [6.07, 6.45) is 4.57. The fraction of sp³-hybridized carbons (Fsp3) is 0.333. The van der Waals surface area contributed by atoms with E-state index < -0.39 is 0 Å². The number of hydrogen-bond donors (Lipinski definition) is 2. The third-order valence-corrected chi connectivity index (χ3v) is 5.21. The molecule has 0 unspecified atom stereocenters. The number of para-hydroxylation sites is 2. The zero-order chi connectivity index (χ0) is 17.9. The zero-order valence-electron chi connectivity index (χ0n) is 14.7. The van der Waals surface area contributed by atoms with Crippen molar-refractivity contribution in [3.63, 3.8) is 0 Å². The Balaban J connectivity index is 1.68. The molecular weight excluding hydrogens is 322 g/mol. The molecule has 1 aliphatic rings. The molecule has 5 nitrogen and oxygen atoms in total. The number of aromatic nitrogens is 2. The second-order valence-electron chi connectivity index (χ2n) is 7.02. The lowest BCUT2D eigenvalue weighted by Gasteiger charge is -2.29. The number of fused-ring (bicyclic) bond motifs is 1. The van der Waals surface area contributed by atoms with Crippen LogP contribution in [0.5, 0.6) is 0 Å². The van der Waals surface area contributed by atoms with Crippen molar-refractivity contribution >= 4 is 17.0 Å². The number of nitrogens with one attached hydrogen (secondary N) is 1. The van der Waals surface area contributed by atoms with E-state index in [1.807, 2.05) is 42.5 Å². The number of rotatable bonds is 4. The Morgan fingerprint density at radius 2 is 1.88 bits per heavy atom. The average molecular weight is 345 g/mol. The van der Waals surface area contributed by atoms with E-state index in [-0.39, 0.29) is 12.1 Å². The Kier molecular flexibility index (Phi) is 4.59. The molecule has 2 aromatic carbocycles. The van der Waals surface area contributed by atoms with Gasteiger partial charge in [0.05, 0.1) is 29.2 Å². The Hall–Kier alpha value is -2.84. The lowest BCUT2D eigenvalue weighted by Crippen LogP contribution is -2.43. The lowest BCUT2D eigenvalue weighted by atomic mass is 9.91. The van der Waals surface area contributed by atoms with Gasteiger partial charge in [-0.1, -0.05) is 37.1 Å². The molecule has 4 rings (SSSR count). The summed E-state index contributed by atoms with van der Waals surface area (Å²) in [5.41, 5.74) is 10.2. The Morgan fingerprint density at radius 3 is 2.65 bits per heavy atom. The first-order valence-electron chi connectivity index (χ1n) is 9.21. The van der Waals surface area contributed by atoms with Crippen LogP contribution in [0.2, 0.25) is 0 Å². The SMILES string of the molecule is N#Cc1ccc(Cn2c(N[C@H]3CCCC[C@H]3N)nc3ccccc32)cc1. The van der Waals surface area contributed by atoms with Crippen molar-refractivity contribution in [2.45, 2.75) is 44.3 Å². The maximum atomic E-state index is 8.99. The second kappa shape index (κ2) is 7.19. The highest BCUT2D eigenvalue weighted by Crippen LogP contribution is 2.25. The summed E-state index contributed by atoms with van der Waals surface area (Å²) >= 11 is 0. The summed E-state index contributed by atoms with van der Waals surface area (Å²) in [4.78, 5) is 4.82. The van der Waals surface area contributed by atoms with Gasteiger partial charge < -0.3 is 15.6 Å². The average Bonchev–Trinajstić information content (AvgIpc) is 3.01. The Labute approximate surface area is 153 Å². The number of benzene rings is 2.